The standard InChI is InChI=1S/C22H24BrClN2O6/c1-2-8-25(14-7-4-3-6-13(14)24)20(29)18-22-11-12(23)17(32-22)15(21(30)31)16(22)19(28)26(18)9-5-10-27/h2-4,6-7,12,15-18,27H,1,5,8-11H2,(H,30,31)/t12?,15-,16-,17-,18?,22?/m0/s1. The van der Waals surface area contributed by atoms with Crippen LogP contribution < -0.4 is 4.90 Å². The van der Waals surface area contributed by atoms with E-state index in [0.29, 0.717) is 17.1 Å². The summed E-state index contributed by atoms with van der Waals surface area (Å²) in [6.45, 7) is 3.83. The van der Waals surface area contributed by atoms with Crippen molar-refractivity contribution in [1.29, 1.82) is 0 Å². The summed E-state index contributed by atoms with van der Waals surface area (Å²) in [7, 11) is 0. The van der Waals surface area contributed by atoms with Crippen molar-refractivity contribution in [3.05, 3.63) is 41.9 Å². The molecule has 32 heavy (non-hydrogen) atoms. The molecule has 3 aliphatic heterocycles. The van der Waals surface area contributed by atoms with Crippen LogP contribution in [-0.4, -0.2) is 75.2 Å². The Morgan fingerprint density at radius 3 is 2.75 bits per heavy atom. The summed E-state index contributed by atoms with van der Waals surface area (Å²) in [6, 6.07) is 5.82. The molecule has 2 amide bonds. The van der Waals surface area contributed by atoms with Gasteiger partial charge < -0.3 is 24.7 Å². The topological polar surface area (TPSA) is 107 Å². The van der Waals surface area contributed by atoms with Gasteiger partial charge in [0.25, 0.3) is 5.91 Å². The number of carboxylic acid groups (broad SMARTS) is 1. The molecular weight excluding hydrogens is 504 g/mol. The molecule has 10 heteroatoms. The van der Waals surface area contributed by atoms with E-state index in [1.807, 2.05) is 0 Å². The predicted octanol–water partition coefficient (Wildman–Crippen LogP) is 2.07. The maximum absolute atomic E-state index is 14.0. The molecule has 3 fully saturated rings. The Hall–Kier alpha value is -1.94. The third-order valence-corrected chi connectivity index (χ3v) is 7.75. The Kier molecular flexibility index (Phi) is 6.37. The maximum atomic E-state index is 14.0. The van der Waals surface area contributed by atoms with Crippen molar-refractivity contribution in [2.45, 2.75) is 35.4 Å². The van der Waals surface area contributed by atoms with Crippen LogP contribution in [0.2, 0.25) is 5.02 Å². The van der Waals surface area contributed by atoms with Crippen molar-refractivity contribution in [2.75, 3.05) is 24.6 Å². The van der Waals surface area contributed by atoms with Crippen molar-refractivity contribution in [3.8, 4) is 0 Å². The van der Waals surface area contributed by atoms with Crippen LogP contribution in [0, 0.1) is 11.8 Å². The number of nitrogens with zero attached hydrogens (tertiary/aromatic N) is 2. The van der Waals surface area contributed by atoms with Gasteiger partial charge in [0.15, 0.2) is 0 Å². The Morgan fingerprint density at radius 1 is 1.41 bits per heavy atom. The molecule has 2 N–H and O–H groups in total. The van der Waals surface area contributed by atoms with Crippen LogP contribution >= 0.6 is 27.5 Å². The lowest BCUT2D eigenvalue weighted by molar-refractivity contribution is -0.149. The number of likely N-dealkylation sites (tertiary alicyclic amines) is 1. The number of rotatable bonds is 8. The summed E-state index contributed by atoms with van der Waals surface area (Å²) in [6.07, 6.45) is 1.44. The second-order valence-corrected chi connectivity index (χ2v) is 9.88. The quantitative estimate of drug-likeness (QED) is 0.396. The first-order valence-corrected chi connectivity index (χ1v) is 11.7. The molecule has 0 radical (unpaired) electrons. The number of anilines is 1. The number of benzene rings is 1. The van der Waals surface area contributed by atoms with Gasteiger partial charge in [-0.1, -0.05) is 45.7 Å². The first-order chi connectivity index (χ1) is 15.3. The number of alkyl halides is 1. The highest BCUT2D eigenvalue weighted by Crippen LogP contribution is 2.60. The zero-order valence-electron chi connectivity index (χ0n) is 17.2. The van der Waals surface area contributed by atoms with Gasteiger partial charge in [0, 0.05) is 24.5 Å². The third kappa shape index (κ3) is 3.37. The fourth-order valence-corrected chi connectivity index (χ4v) is 6.61. The number of carbonyl (C=O) groups excluding carboxylic acids is 2. The second-order valence-electron chi connectivity index (χ2n) is 8.30. The number of aliphatic carboxylic acids is 1. The lowest BCUT2D eigenvalue weighted by atomic mass is 9.70. The van der Waals surface area contributed by atoms with Gasteiger partial charge >= 0.3 is 5.97 Å². The van der Waals surface area contributed by atoms with Gasteiger partial charge in [0.05, 0.1) is 28.6 Å². The molecule has 3 unspecified atom stereocenters. The summed E-state index contributed by atoms with van der Waals surface area (Å²) in [5.41, 5.74) is -0.808. The molecule has 0 aliphatic carbocycles. The fraction of sp³-hybridized carbons (Fsp3) is 0.500. The predicted molar refractivity (Wildman–Crippen MR) is 121 cm³/mol. The van der Waals surface area contributed by atoms with E-state index < -0.39 is 47.4 Å². The molecule has 2 bridgehead atoms. The van der Waals surface area contributed by atoms with Gasteiger partial charge in [-0.05, 0) is 25.0 Å². The number of amides is 2. The Bertz CT molecular complexity index is 960. The molecule has 1 aromatic rings. The first kappa shape index (κ1) is 23.2. The molecule has 0 aromatic heterocycles. The highest BCUT2D eigenvalue weighted by molar-refractivity contribution is 9.09. The molecule has 1 aromatic carbocycles. The van der Waals surface area contributed by atoms with Crippen molar-refractivity contribution in [3.63, 3.8) is 0 Å². The van der Waals surface area contributed by atoms with E-state index in [9.17, 15) is 24.6 Å². The number of aliphatic hydroxyl groups is 1. The van der Waals surface area contributed by atoms with E-state index in [0.717, 1.165) is 0 Å². The minimum atomic E-state index is -1.27. The molecule has 8 nitrogen and oxygen atoms in total. The van der Waals surface area contributed by atoms with Crippen molar-refractivity contribution < 1.29 is 29.3 Å². The maximum Gasteiger partial charge on any atom is 0.310 e. The zero-order valence-corrected chi connectivity index (χ0v) is 19.5. The van der Waals surface area contributed by atoms with E-state index in [4.69, 9.17) is 16.3 Å². The van der Waals surface area contributed by atoms with E-state index in [-0.39, 0.29) is 30.9 Å². The molecular formula is C22H24BrClN2O6. The van der Waals surface area contributed by atoms with Crippen LogP contribution in [0.5, 0.6) is 0 Å². The lowest BCUT2D eigenvalue weighted by Crippen LogP contribution is -2.57. The van der Waals surface area contributed by atoms with Gasteiger partial charge in [0.2, 0.25) is 5.91 Å². The van der Waals surface area contributed by atoms with Gasteiger partial charge in [-0.3, -0.25) is 14.4 Å². The summed E-state index contributed by atoms with van der Waals surface area (Å²) in [5.74, 6) is -3.99. The molecule has 0 saturated carbocycles. The van der Waals surface area contributed by atoms with Crippen molar-refractivity contribution in [2.24, 2.45) is 11.8 Å². The molecule has 3 saturated heterocycles. The number of halogens is 2. The van der Waals surface area contributed by atoms with Crippen LogP contribution in [0.15, 0.2) is 36.9 Å². The number of carbonyl (C=O) groups is 3. The number of fused-ring (bicyclic) bond motifs is 1. The van der Waals surface area contributed by atoms with Gasteiger partial charge in [-0.15, -0.1) is 6.58 Å². The molecule has 4 rings (SSSR count). The third-order valence-electron chi connectivity index (χ3n) is 6.59. The summed E-state index contributed by atoms with van der Waals surface area (Å²) < 4.78 is 6.22. The average molecular weight is 528 g/mol. The van der Waals surface area contributed by atoms with Gasteiger partial charge in [-0.25, -0.2) is 0 Å². The number of carboxylic acids is 1. The number of hydrogen-bond donors (Lipinski definition) is 2. The summed E-state index contributed by atoms with van der Waals surface area (Å²) >= 11 is 9.88. The Labute approximate surface area is 198 Å². The second kappa shape index (κ2) is 8.78. The molecule has 3 aliphatic rings. The highest BCUT2D eigenvalue weighted by atomic mass is 79.9. The lowest BCUT2D eigenvalue weighted by Gasteiger charge is -2.37. The fourth-order valence-electron chi connectivity index (χ4n) is 5.43. The van der Waals surface area contributed by atoms with E-state index in [1.54, 1.807) is 30.3 Å². The van der Waals surface area contributed by atoms with Crippen LogP contribution in [0.1, 0.15) is 12.8 Å². The molecule has 3 heterocycles. The average Bonchev–Trinajstić information content (AvgIpc) is 3.34. The number of aliphatic hydroxyl groups excluding tert-OH is 1. The van der Waals surface area contributed by atoms with Gasteiger partial charge in [0.1, 0.15) is 11.6 Å². The summed E-state index contributed by atoms with van der Waals surface area (Å²) in [5, 5.41) is 19.6. The van der Waals surface area contributed by atoms with Crippen LogP contribution in [0.4, 0.5) is 5.69 Å². The number of hydrogen-bond acceptors (Lipinski definition) is 5. The Morgan fingerprint density at radius 2 is 2.12 bits per heavy atom. The largest absolute Gasteiger partial charge is 0.481 e. The SMILES string of the molecule is C=CCN(C(=O)C1N(CCCO)C(=O)[C@@H]2[C@H](C(=O)O)[C@H]3OC12CC3Br)c1ccccc1Cl. The van der Waals surface area contributed by atoms with Crippen LogP contribution in [-0.2, 0) is 19.1 Å². The number of para-hydroxylation sites is 1. The van der Waals surface area contributed by atoms with Crippen molar-refractivity contribution >= 4 is 51.0 Å². The monoisotopic (exact) mass is 526 g/mol. The highest BCUT2D eigenvalue weighted by Gasteiger charge is 2.76. The minimum absolute atomic E-state index is 0.113. The molecule has 6 atom stereocenters. The van der Waals surface area contributed by atoms with Gasteiger partial charge in [-0.2, -0.15) is 0 Å². The van der Waals surface area contributed by atoms with E-state index >= 15 is 0 Å². The first-order valence-electron chi connectivity index (χ1n) is 10.4. The Balaban J connectivity index is 1.81. The smallest absolute Gasteiger partial charge is 0.310 e. The van der Waals surface area contributed by atoms with E-state index in [2.05, 4.69) is 22.5 Å². The molecule has 1 spiro atoms. The minimum Gasteiger partial charge on any atom is -0.481 e. The summed E-state index contributed by atoms with van der Waals surface area (Å²) in [4.78, 5) is 42.1. The van der Waals surface area contributed by atoms with E-state index in [1.165, 1.54) is 9.80 Å². The number of ether oxygens (including phenoxy) is 1. The van der Waals surface area contributed by atoms with Crippen LogP contribution in [0.25, 0.3) is 0 Å². The van der Waals surface area contributed by atoms with Crippen LogP contribution in [0.3, 0.4) is 0 Å². The van der Waals surface area contributed by atoms with Crippen molar-refractivity contribution in [1.82, 2.24) is 4.90 Å². The zero-order chi connectivity index (χ0) is 23.2. The molecule has 172 valence electrons. The normalized spacial score (nSPS) is 32.8.